The number of rotatable bonds is 7. The average molecular weight is 427 g/mol. The molecule has 1 amide bonds. The van der Waals surface area contributed by atoms with Crippen LogP contribution in [0.25, 0.3) is 11.1 Å². The number of hydrogen-bond donors (Lipinski definition) is 1. The lowest BCUT2D eigenvalue weighted by Gasteiger charge is -2.22. The molecule has 0 aliphatic heterocycles. The number of ether oxygens (including phenoxy) is 2. The van der Waals surface area contributed by atoms with Crippen molar-refractivity contribution in [2.24, 2.45) is 0 Å². The number of pyridine rings is 1. The number of nitrogens with zero attached hydrogens (tertiary/aromatic N) is 1. The van der Waals surface area contributed by atoms with Crippen LogP contribution in [0.3, 0.4) is 0 Å². The first-order valence-electron chi connectivity index (χ1n) is 10.7. The highest BCUT2D eigenvalue weighted by atomic mass is 16.6. The van der Waals surface area contributed by atoms with Crippen molar-refractivity contribution in [3.63, 3.8) is 0 Å². The number of methoxy groups -OCH3 is 1. The summed E-state index contributed by atoms with van der Waals surface area (Å²) in [7, 11) is 1.37. The van der Waals surface area contributed by atoms with Crippen molar-refractivity contribution in [2.45, 2.75) is 73.0 Å². The highest BCUT2D eigenvalue weighted by molar-refractivity contribution is 5.99. The van der Waals surface area contributed by atoms with Gasteiger partial charge in [0.25, 0.3) is 0 Å². The molecule has 0 fully saturated rings. The van der Waals surface area contributed by atoms with Crippen molar-refractivity contribution in [1.29, 1.82) is 0 Å². The highest BCUT2D eigenvalue weighted by Gasteiger charge is 2.25. The molecule has 0 aliphatic carbocycles. The SMILES string of the molecule is CCCCc1nc(C)c(C(=O)OC)c(-c2ccc(C)cc2)c1CNC(=O)OC(C)(C)C. The van der Waals surface area contributed by atoms with E-state index in [-0.39, 0.29) is 6.54 Å². The van der Waals surface area contributed by atoms with Gasteiger partial charge in [-0.25, -0.2) is 9.59 Å². The normalized spacial score (nSPS) is 11.2. The molecule has 0 saturated heterocycles. The molecular formula is C25H34N2O4. The second-order valence-electron chi connectivity index (χ2n) is 8.69. The van der Waals surface area contributed by atoms with E-state index in [2.05, 4.69) is 12.2 Å². The van der Waals surface area contributed by atoms with Gasteiger partial charge in [0.2, 0.25) is 0 Å². The maximum Gasteiger partial charge on any atom is 0.407 e. The summed E-state index contributed by atoms with van der Waals surface area (Å²) >= 11 is 0. The van der Waals surface area contributed by atoms with E-state index >= 15 is 0 Å². The molecule has 0 aliphatic rings. The van der Waals surface area contributed by atoms with E-state index in [9.17, 15) is 9.59 Å². The summed E-state index contributed by atoms with van der Waals surface area (Å²) in [5.74, 6) is -0.443. The Morgan fingerprint density at radius 1 is 1.10 bits per heavy atom. The van der Waals surface area contributed by atoms with E-state index in [0.717, 1.165) is 47.2 Å². The Morgan fingerprint density at radius 3 is 2.29 bits per heavy atom. The van der Waals surface area contributed by atoms with Gasteiger partial charge in [0, 0.05) is 23.4 Å². The van der Waals surface area contributed by atoms with Crippen LogP contribution in [0.2, 0.25) is 0 Å². The van der Waals surface area contributed by atoms with Gasteiger partial charge in [0.15, 0.2) is 0 Å². The summed E-state index contributed by atoms with van der Waals surface area (Å²) < 4.78 is 10.5. The quantitative estimate of drug-likeness (QED) is 0.590. The van der Waals surface area contributed by atoms with Gasteiger partial charge in [-0.05, 0) is 53.0 Å². The number of benzene rings is 1. The minimum atomic E-state index is -0.600. The second-order valence-corrected chi connectivity index (χ2v) is 8.69. The summed E-state index contributed by atoms with van der Waals surface area (Å²) in [5, 5.41) is 2.84. The molecule has 31 heavy (non-hydrogen) atoms. The fraction of sp³-hybridized carbons (Fsp3) is 0.480. The summed E-state index contributed by atoms with van der Waals surface area (Å²) in [6.45, 7) is 11.6. The van der Waals surface area contributed by atoms with Crippen molar-refractivity contribution in [1.82, 2.24) is 10.3 Å². The molecule has 168 valence electrons. The lowest BCUT2D eigenvalue weighted by Crippen LogP contribution is -2.32. The number of aryl methyl sites for hydroxylation is 3. The van der Waals surface area contributed by atoms with Gasteiger partial charge < -0.3 is 14.8 Å². The zero-order valence-electron chi connectivity index (χ0n) is 19.7. The van der Waals surface area contributed by atoms with Crippen LogP contribution >= 0.6 is 0 Å². The van der Waals surface area contributed by atoms with Gasteiger partial charge in [0.05, 0.1) is 18.4 Å². The van der Waals surface area contributed by atoms with Crippen LogP contribution in [0.15, 0.2) is 24.3 Å². The molecule has 0 atom stereocenters. The van der Waals surface area contributed by atoms with E-state index < -0.39 is 17.7 Å². The summed E-state index contributed by atoms with van der Waals surface area (Å²) in [6.07, 6.45) is 2.21. The molecule has 0 saturated carbocycles. The van der Waals surface area contributed by atoms with E-state index in [4.69, 9.17) is 14.5 Å². The van der Waals surface area contributed by atoms with Gasteiger partial charge in [-0.15, -0.1) is 0 Å². The van der Waals surface area contributed by atoms with Gasteiger partial charge in [-0.1, -0.05) is 43.2 Å². The van der Waals surface area contributed by atoms with Crippen LogP contribution in [0.4, 0.5) is 4.79 Å². The molecule has 0 unspecified atom stereocenters. The van der Waals surface area contributed by atoms with Gasteiger partial charge in [-0.3, -0.25) is 4.98 Å². The standard InChI is InChI=1S/C25H34N2O4/c1-8-9-10-20-19(15-26-24(29)31-25(4,5)6)22(18-13-11-16(2)12-14-18)21(17(3)27-20)23(28)30-7/h11-14H,8-10,15H2,1-7H3,(H,26,29). The minimum Gasteiger partial charge on any atom is -0.465 e. The van der Waals surface area contributed by atoms with Crippen molar-refractivity contribution in [3.05, 3.63) is 52.3 Å². The third-order valence-corrected chi connectivity index (χ3v) is 4.87. The highest BCUT2D eigenvalue weighted by Crippen LogP contribution is 2.33. The largest absolute Gasteiger partial charge is 0.465 e. The topological polar surface area (TPSA) is 77.5 Å². The smallest absolute Gasteiger partial charge is 0.407 e. The van der Waals surface area contributed by atoms with E-state index in [1.54, 1.807) is 0 Å². The van der Waals surface area contributed by atoms with Crippen LogP contribution in [0, 0.1) is 13.8 Å². The molecule has 0 radical (unpaired) electrons. The number of unbranched alkanes of at least 4 members (excludes halogenated alkanes) is 1. The van der Waals surface area contributed by atoms with Crippen LogP contribution in [-0.2, 0) is 22.4 Å². The van der Waals surface area contributed by atoms with E-state index in [1.807, 2.05) is 58.9 Å². The molecule has 0 bridgehead atoms. The van der Waals surface area contributed by atoms with Gasteiger partial charge in [-0.2, -0.15) is 0 Å². The number of amides is 1. The summed E-state index contributed by atoms with van der Waals surface area (Å²) in [4.78, 5) is 29.8. The molecule has 0 spiro atoms. The maximum absolute atomic E-state index is 12.7. The lowest BCUT2D eigenvalue weighted by molar-refractivity contribution is 0.0523. The first-order valence-corrected chi connectivity index (χ1v) is 10.7. The first kappa shape index (κ1) is 24.4. The van der Waals surface area contributed by atoms with Crippen LogP contribution < -0.4 is 5.32 Å². The second kappa shape index (κ2) is 10.4. The third kappa shape index (κ3) is 6.54. The van der Waals surface area contributed by atoms with Crippen molar-refractivity contribution >= 4 is 12.1 Å². The van der Waals surface area contributed by atoms with Crippen LogP contribution in [-0.4, -0.2) is 29.8 Å². The molecule has 2 rings (SSSR count). The van der Waals surface area contributed by atoms with E-state index in [1.165, 1.54) is 7.11 Å². The predicted molar refractivity (Wildman–Crippen MR) is 122 cm³/mol. The Hall–Kier alpha value is -2.89. The number of hydrogen-bond acceptors (Lipinski definition) is 5. The van der Waals surface area contributed by atoms with Crippen LogP contribution in [0.1, 0.15) is 73.4 Å². The third-order valence-electron chi connectivity index (χ3n) is 4.87. The Morgan fingerprint density at radius 2 is 1.74 bits per heavy atom. The number of aromatic nitrogens is 1. The molecule has 1 aromatic heterocycles. The molecule has 6 heteroatoms. The Bertz CT molecular complexity index is 928. The fourth-order valence-electron chi connectivity index (χ4n) is 3.41. The number of carbonyl (C=O) groups excluding carboxylic acids is 2. The number of nitrogens with one attached hydrogen (secondary N) is 1. The molecule has 1 N–H and O–H groups in total. The zero-order chi connectivity index (χ0) is 23.2. The molecule has 1 heterocycles. The van der Waals surface area contributed by atoms with Gasteiger partial charge >= 0.3 is 12.1 Å². The average Bonchev–Trinajstić information content (AvgIpc) is 2.69. The Labute approximate surface area is 185 Å². The van der Waals surface area contributed by atoms with E-state index in [0.29, 0.717) is 11.3 Å². The molecule has 1 aromatic carbocycles. The Kier molecular flexibility index (Phi) is 8.20. The minimum absolute atomic E-state index is 0.203. The monoisotopic (exact) mass is 426 g/mol. The summed E-state index contributed by atoms with van der Waals surface area (Å²) in [5.41, 5.74) is 4.89. The fourth-order valence-corrected chi connectivity index (χ4v) is 3.41. The first-order chi connectivity index (χ1) is 14.6. The molecule has 6 nitrogen and oxygen atoms in total. The number of carbonyl (C=O) groups is 2. The van der Waals surface area contributed by atoms with Crippen molar-refractivity contribution < 1.29 is 19.1 Å². The Balaban J connectivity index is 2.65. The van der Waals surface area contributed by atoms with Crippen molar-refractivity contribution in [3.8, 4) is 11.1 Å². The zero-order valence-corrected chi connectivity index (χ0v) is 19.7. The number of esters is 1. The predicted octanol–water partition coefficient (Wildman–Crippen LogP) is 5.52. The maximum atomic E-state index is 12.7. The van der Waals surface area contributed by atoms with Gasteiger partial charge in [0.1, 0.15) is 5.60 Å². The van der Waals surface area contributed by atoms with Crippen molar-refractivity contribution in [2.75, 3.05) is 7.11 Å². The molecule has 2 aromatic rings. The lowest BCUT2D eigenvalue weighted by atomic mass is 9.90. The number of alkyl carbamates (subject to hydrolysis) is 1. The summed E-state index contributed by atoms with van der Waals surface area (Å²) in [6, 6.07) is 7.97. The molecular weight excluding hydrogens is 392 g/mol. The van der Waals surface area contributed by atoms with Crippen LogP contribution in [0.5, 0.6) is 0 Å².